The van der Waals surface area contributed by atoms with Crippen LogP contribution in [0.15, 0.2) is 0 Å². The summed E-state index contributed by atoms with van der Waals surface area (Å²) >= 11 is 8.03. The summed E-state index contributed by atoms with van der Waals surface area (Å²) in [5, 5.41) is 13.6. The highest BCUT2D eigenvalue weighted by atomic mass is 32.1. The van der Waals surface area contributed by atoms with Crippen molar-refractivity contribution in [3.05, 3.63) is 0 Å². The van der Waals surface area contributed by atoms with Gasteiger partial charge >= 0.3 is 5.97 Å². The quantitative estimate of drug-likeness (QED) is 0.244. The summed E-state index contributed by atoms with van der Waals surface area (Å²) in [5.41, 5.74) is 5.31. The van der Waals surface area contributed by atoms with E-state index in [9.17, 15) is 19.2 Å². The lowest BCUT2D eigenvalue weighted by atomic mass is 10.1. The molecule has 11 heteroatoms. The lowest BCUT2D eigenvalue weighted by Crippen LogP contribution is -2.55. The molecule has 138 valence electrons. The highest BCUT2D eigenvalue weighted by Gasteiger charge is 2.26. The summed E-state index contributed by atoms with van der Waals surface area (Å²) < 4.78 is 0. The molecule has 0 aliphatic rings. The first kappa shape index (κ1) is 22.5. The number of hydrogen-bond acceptors (Lipinski definition) is 7. The fraction of sp³-hybridized carbons (Fsp3) is 0.692. The van der Waals surface area contributed by atoms with E-state index in [1.807, 2.05) is 0 Å². The molecule has 24 heavy (non-hydrogen) atoms. The zero-order valence-corrected chi connectivity index (χ0v) is 15.3. The molecule has 0 aromatic heterocycles. The molecule has 3 atom stereocenters. The third kappa shape index (κ3) is 7.88. The molecular formula is C13H24N4O5S2. The number of aliphatic carboxylic acids is 1. The number of amides is 3. The topological polar surface area (TPSA) is 142 Å². The Morgan fingerprint density at radius 2 is 1.62 bits per heavy atom. The van der Waals surface area contributed by atoms with E-state index in [0.717, 1.165) is 0 Å². The van der Waals surface area contributed by atoms with Crippen LogP contribution in [0.4, 0.5) is 0 Å². The maximum atomic E-state index is 12.2. The van der Waals surface area contributed by atoms with Crippen molar-refractivity contribution in [2.24, 2.45) is 5.73 Å². The lowest BCUT2D eigenvalue weighted by molar-refractivity contribution is -0.138. The van der Waals surface area contributed by atoms with E-state index in [4.69, 9.17) is 10.8 Å². The summed E-state index contributed by atoms with van der Waals surface area (Å²) in [7, 11) is 3.10. The fourth-order valence-corrected chi connectivity index (χ4v) is 2.14. The van der Waals surface area contributed by atoms with Crippen molar-refractivity contribution in [2.75, 3.05) is 25.6 Å². The number of likely N-dealkylation sites (N-methyl/N-ethyl adjacent to an activating group) is 1. The fourth-order valence-electron chi connectivity index (χ4n) is 1.64. The average Bonchev–Trinajstić information content (AvgIpc) is 2.53. The van der Waals surface area contributed by atoms with Gasteiger partial charge in [0.25, 0.3) is 0 Å². The number of hydrogen-bond donors (Lipinski definition) is 6. The second kappa shape index (κ2) is 11.2. The normalized spacial score (nSPS) is 14.2. The molecule has 3 unspecified atom stereocenters. The summed E-state index contributed by atoms with van der Waals surface area (Å²) in [6.07, 6.45) is -0.196. The molecule has 0 saturated heterocycles. The monoisotopic (exact) mass is 380 g/mol. The molecule has 0 heterocycles. The van der Waals surface area contributed by atoms with Crippen molar-refractivity contribution in [1.29, 1.82) is 0 Å². The number of thiol groups is 2. The van der Waals surface area contributed by atoms with Gasteiger partial charge in [0.1, 0.15) is 18.1 Å². The van der Waals surface area contributed by atoms with Gasteiger partial charge in [-0.3, -0.25) is 19.2 Å². The van der Waals surface area contributed by atoms with Crippen LogP contribution in [-0.4, -0.2) is 77.4 Å². The predicted molar refractivity (Wildman–Crippen MR) is 95.1 cm³/mol. The van der Waals surface area contributed by atoms with E-state index in [1.54, 1.807) is 14.1 Å². The smallest absolute Gasteiger partial charge is 0.320 e. The molecule has 0 rings (SSSR count). The van der Waals surface area contributed by atoms with Crippen molar-refractivity contribution in [2.45, 2.75) is 31.0 Å². The van der Waals surface area contributed by atoms with Crippen LogP contribution in [0.5, 0.6) is 0 Å². The summed E-state index contributed by atoms with van der Waals surface area (Å²) in [6, 6.07) is -2.93. The second-order valence-electron chi connectivity index (χ2n) is 5.26. The second-order valence-corrected chi connectivity index (χ2v) is 5.99. The summed E-state index contributed by atoms with van der Waals surface area (Å²) in [6.45, 7) is 0. The molecular weight excluding hydrogens is 356 g/mol. The third-order valence-electron chi connectivity index (χ3n) is 3.07. The van der Waals surface area contributed by atoms with Crippen LogP contribution in [-0.2, 0) is 19.2 Å². The molecule has 5 N–H and O–H groups in total. The minimum absolute atomic E-state index is 0.0119. The zero-order chi connectivity index (χ0) is 18.9. The maximum Gasteiger partial charge on any atom is 0.320 e. The Kier molecular flexibility index (Phi) is 10.5. The minimum atomic E-state index is -1.20. The predicted octanol–water partition coefficient (Wildman–Crippen LogP) is -1.90. The number of nitrogens with zero attached hydrogens (tertiary/aromatic N) is 1. The Bertz CT molecular complexity index is 475. The maximum absolute atomic E-state index is 12.2. The number of carbonyl (C=O) groups is 4. The number of carboxylic acid groups (broad SMARTS) is 1. The van der Waals surface area contributed by atoms with E-state index >= 15 is 0 Å². The van der Waals surface area contributed by atoms with Gasteiger partial charge in [0.2, 0.25) is 17.7 Å². The first-order valence-corrected chi connectivity index (χ1v) is 8.41. The van der Waals surface area contributed by atoms with E-state index in [0.29, 0.717) is 0 Å². The molecule has 0 saturated carbocycles. The Labute approximate surface area is 151 Å². The molecule has 3 amide bonds. The van der Waals surface area contributed by atoms with Gasteiger partial charge in [-0.2, -0.15) is 25.3 Å². The molecule has 0 aromatic carbocycles. The third-order valence-corrected chi connectivity index (χ3v) is 3.80. The molecule has 0 spiro atoms. The molecule has 0 bridgehead atoms. The van der Waals surface area contributed by atoms with Crippen LogP contribution in [0.1, 0.15) is 12.8 Å². The highest BCUT2D eigenvalue weighted by Crippen LogP contribution is 1.99. The van der Waals surface area contributed by atoms with Crippen LogP contribution in [0.2, 0.25) is 0 Å². The zero-order valence-electron chi connectivity index (χ0n) is 13.6. The molecule has 0 aliphatic carbocycles. The highest BCUT2D eigenvalue weighted by molar-refractivity contribution is 7.80. The average molecular weight is 380 g/mol. The van der Waals surface area contributed by atoms with Crippen LogP contribution in [0, 0.1) is 0 Å². The molecule has 9 nitrogen and oxygen atoms in total. The number of nitrogens with one attached hydrogen (secondary N) is 2. The van der Waals surface area contributed by atoms with Crippen molar-refractivity contribution < 1.29 is 24.3 Å². The Morgan fingerprint density at radius 3 is 2.04 bits per heavy atom. The Hall–Kier alpha value is -1.46. The van der Waals surface area contributed by atoms with E-state index in [-0.39, 0.29) is 30.3 Å². The van der Waals surface area contributed by atoms with Gasteiger partial charge < -0.3 is 26.4 Å². The lowest BCUT2D eigenvalue weighted by Gasteiger charge is -2.23. The van der Waals surface area contributed by atoms with Crippen LogP contribution >= 0.6 is 25.3 Å². The number of nitrogens with two attached hydrogens (primary N) is 1. The van der Waals surface area contributed by atoms with Crippen molar-refractivity contribution in [3.63, 3.8) is 0 Å². The van der Waals surface area contributed by atoms with Crippen molar-refractivity contribution >= 4 is 48.9 Å². The van der Waals surface area contributed by atoms with Crippen molar-refractivity contribution in [3.8, 4) is 0 Å². The van der Waals surface area contributed by atoms with Gasteiger partial charge in [-0.1, -0.05) is 0 Å². The van der Waals surface area contributed by atoms with Gasteiger partial charge in [-0.25, -0.2) is 0 Å². The summed E-state index contributed by atoms with van der Waals surface area (Å²) in [5.74, 6) is -2.51. The van der Waals surface area contributed by atoms with Gasteiger partial charge in [0, 0.05) is 32.0 Å². The van der Waals surface area contributed by atoms with E-state index in [1.165, 1.54) is 4.90 Å². The van der Waals surface area contributed by atoms with E-state index < -0.39 is 35.9 Å². The van der Waals surface area contributed by atoms with Gasteiger partial charge in [-0.05, 0) is 6.42 Å². The molecule has 0 radical (unpaired) electrons. The van der Waals surface area contributed by atoms with Crippen molar-refractivity contribution in [1.82, 2.24) is 15.5 Å². The van der Waals surface area contributed by atoms with Gasteiger partial charge in [0.05, 0.1) is 0 Å². The number of carbonyl (C=O) groups excluding carboxylic acids is 3. The van der Waals surface area contributed by atoms with Crippen LogP contribution in [0.3, 0.4) is 0 Å². The molecule has 0 fully saturated rings. The number of rotatable bonds is 10. The SMILES string of the molecule is CN(C)C(=O)C(CS)NC(=O)C(CS)NC(=O)CCC(N)C(=O)O. The Balaban J connectivity index is 4.61. The van der Waals surface area contributed by atoms with Crippen LogP contribution < -0.4 is 16.4 Å². The molecule has 0 aliphatic heterocycles. The largest absolute Gasteiger partial charge is 0.480 e. The first-order chi connectivity index (χ1) is 11.1. The standard InChI is InChI=1S/C13H24N4O5S2/c1-17(2)12(20)9(6-24)16-11(19)8(5-23)15-10(18)4-3-7(14)13(21)22/h7-9,23-24H,3-6,14H2,1-2H3,(H,15,18)(H,16,19)(H,21,22). The van der Waals surface area contributed by atoms with Crippen LogP contribution in [0.25, 0.3) is 0 Å². The van der Waals surface area contributed by atoms with E-state index in [2.05, 4.69) is 35.9 Å². The number of carboxylic acids is 1. The first-order valence-electron chi connectivity index (χ1n) is 7.15. The molecule has 0 aromatic rings. The summed E-state index contributed by atoms with van der Waals surface area (Å²) in [4.78, 5) is 47.7. The van der Waals surface area contributed by atoms with Gasteiger partial charge in [-0.15, -0.1) is 0 Å². The van der Waals surface area contributed by atoms with Gasteiger partial charge in [0.15, 0.2) is 0 Å². The minimum Gasteiger partial charge on any atom is -0.480 e. The Morgan fingerprint density at radius 1 is 1.08 bits per heavy atom.